The van der Waals surface area contributed by atoms with E-state index in [2.05, 4.69) is 5.32 Å². The molecule has 3 heteroatoms. The summed E-state index contributed by atoms with van der Waals surface area (Å²) in [6.45, 7) is 6.57. The maximum Gasteiger partial charge on any atom is 0.123 e. The minimum Gasteiger partial charge on any atom is -0.388 e. The first kappa shape index (κ1) is 13.1. The Bertz CT molecular complexity index is 321. The van der Waals surface area contributed by atoms with Gasteiger partial charge >= 0.3 is 0 Å². The highest BCUT2D eigenvalue weighted by molar-refractivity contribution is 5.18. The molecule has 0 bridgehead atoms. The van der Waals surface area contributed by atoms with Crippen LogP contribution in [0, 0.1) is 5.82 Å². The fourth-order valence-corrected chi connectivity index (χ4v) is 1.69. The Morgan fingerprint density at radius 2 is 1.94 bits per heavy atom. The van der Waals surface area contributed by atoms with Crippen LogP contribution in [0.5, 0.6) is 0 Å². The van der Waals surface area contributed by atoms with E-state index in [1.165, 1.54) is 12.1 Å². The van der Waals surface area contributed by atoms with Crippen molar-refractivity contribution in [2.75, 3.05) is 6.54 Å². The van der Waals surface area contributed by atoms with Crippen molar-refractivity contribution in [2.45, 2.75) is 38.8 Å². The lowest BCUT2D eigenvalue weighted by Gasteiger charge is -2.31. The zero-order valence-electron chi connectivity index (χ0n) is 10.1. The van der Waals surface area contributed by atoms with Crippen LogP contribution in [-0.2, 0) is 6.42 Å². The molecular formula is C13H20FNO. The van der Waals surface area contributed by atoms with Crippen LogP contribution < -0.4 is 5.32 Å². The number of halogens is 1. The monoisotopic (exact) mass is 225 g/mol. The summed E-state index contributed by atoms with van der Waals surface area (Å²) in [6, 6.07) is 6.26. The van der Waals surface area contributed by atoms with E-state index in [1.807, 2.05) is 13.8 Å². The van der Waals surface area contributed by atoms with Gasteiger partial charge in [0.05, 0.1) is 5.60 Å². The predicted octanol–water partition coefficient (Wildman–Crippen LogP) is 2.12. The maximum absolute atomic E-state index is 12.7. The zero-order chi connectivity index (χ0) is 12.2. The van der Waals surface area contributed by atoms with Crippen LogP contribution >= 0.6 is 0 Å². The molecule has 2 atom stereocenters. The summed E-state index contributed by atoms with van der Waals surface area (Å²) in [4.78, 5) is 0. The number of hydrogen-bond donors (Lipinski definition) is 2. The van der Waals surface area contributed by atoms with E-state index in [0.717, 1.165) is 12.1 Å². The molecule has 0 amide bonds. The number of rotatable bonds is 5. The van der Waals surface area contributed by atoms with Crippen LogP contribution in [0.15, 0.2) is 24.3 Å². The van der Waals surface area contributed by atoms with Crippen LogP contribution in [0.1, 0.15) is 26.3 Å². The van der Waals surface area contributed by atoms with Crippen molar-refractivity contribution < 1.29 is 9.50 Å². The van der Waals surface area contributed by atoms with Crippen LogP contribution in [0.2, 0.25) is 0 Å². The molecule has 16 heavy (non-hydrogen) atoms. The molecule has 2 N–H and O–H groups in total. The highest BCUT2D eigenvalue weighted by atomic mass is 19.1. The molecule has 1 rings (SSSR count). The van der Waals surface area contributed by atoms with Crippen molar-refractivity contribution in [3.8, 4) is 0 Å². The van der Waals surface area contributed by atoms with Gasteiger partial charge in [-0.05, 0) is 38.1 Å². The second kappa shape index (κ2) is 5.41. The maximum atomic E-state index is 12.7. The van der Waals surface area contributed by atoms with Gasteiger partial charge in [0, 0.05) is 12.5 Å². The summed E-state index contributed by atoms with van der Waals surface area (Å²) in [7, 11) is 0. The third-order valence-corrected chi connectivity index (χ3v) is 2.92. The average molecular weight is 225 g/mol. The zero-order valence-corrected chi connectivity index (χ0v) is 10.1. The molecule has 0 saturated heterocycles. The Morgan fingerprint density at radius 3 is 2.44 bits per heavy atom. The van der Waals surface area contributed by atoms with Gasteiger partial charge in [0.25, 0.3) is 0 Å². The van der Waals surface area contributed by atoms with Crippen molar-refractivity contribution in [1.82, 2.24) is 5.32 Å². The van der Waals surface area contributed by atoms with Crippen molar-refractivity contribution >= 4 is 0 Å². The molecule has 0 aliphatic carbocycles. The van der Waals surface area contributed by atoms with Crippen LogP contribution in [0.4, 0.5) is 4.39 Å². The van der Waals surface area contributed by atoms with Gasteiger partial charge in [-0.2, -0.15) is 0 Å². The van der Waals surface area contributed by atoms with Gasteiger partial charge in [0.1, 0.15) is 5.82 Å². The molecular weight excluding hydrogens is 205 g/mol. The number of hydrogen-bond acceptors (Lipinski definition) is 2. The topological polar surface area (TPSA) is 32.3 Å². The molecule has 1 aromatic rings. The summed E-state index contributed by atoms with van der Waals surface area (Å²) < 4.78 is 12.7. The second-order valence-electron chi connectivity index (χ2n) is 4.44. The third-order valence-electron chi connectivity index (χ3n) is 2.92. The van der Waals surface area contributed by atoms with Gasteiger partial charge in [-0.1, -0.05) is 19.1 Å². The molecule has 0 saturated carbocycles. The fraction of sp³-hybridized carbons (Fsp3) is 0.538. The molecule has 2 unspecified atom stereocenters. The van der Waals surface area contributed by atoms with Gasteiger partial charge in [0.15, 0.2) is 0 Å². The summed E-state index contributed by atoms with van der Waals surface area (Å²) in [5, 5.41) is 13.5. The van der Waals surface area contributed by atoms with Crippen molar-refractivity contribution in [3.63, 3.8) is 0 Å². The largest absolute Gasteiger partial charge is 0.388 e. The molecule has 1 aromatic carbocycles. The van der Waals surface area contributed by atoms with E-state index in [0.29, 0.717) is 6.42 Å². The first-order chi connectivity index (χ1) is 7.45. The molecule has 0 aliphatic heterocycles. The molecule has 0 aromatic heterocycles. The van der Waals surface area contributed by atoms with Crippen molar-refractivity contribution in [1.29, 1.82) is 0 Å². The Balaban J connectivity index is 2.68. The first-order valence-electron chi connectivity index (χ1n) is 5.66. The van der Waals surface area contributed by atoms with E-state index in [9.17, 15) is 9.50 Å². The number of nitrogens with one attached hydrogen (secondary N) is 1. The molecule has 90 valence electrons. The highest BCUT2D eigenvalue weighted by Gasteiger charge is 2.27. The number of benzene rings is 1. The number of aliphatic hydroxyl groups is 1. The van der Waals surface area contributed by atoms with E-state index < -0.39 is 5.60 Å². The SMILES string of the molecule is CCNC(C)C(C)(O)Cc1ccc(F)cc1. The van der Waals surface area contributed by atoms with Gasteiger partial charge in [-0.15, -0.1) is 0 Å². The molecule has 0 radical (unpaired) electrons. The minimum absolute atomic E-state index is 0.00236. The molecule has 0 fully saturated rings. The summed E-state index contributed by atoms with van der Waals surface area (Å²) >= 11 is 0. The van der Waals surface area contributed by atoms with E-state index in [-0.39, 0.29) is 11.9 Å². The first-order valence-corrected chi connectivity index (χ1v) is 5.66. The van der Waals surface area contributed by atoms with Gasteiger partial charge in [0.2, 0.25) is 0 Å². The van der Waals surface area contributed by atoms with Crippen molar-refractivity contribution in [3.05, 3.63) is 35.6 Å². The molecule has 0 heterocycles. The van der Waals surface area contributed by atoms with Crippen LogP contribution in [0.25, 0.3) is 0 Å². The average Bonchev–Trinajstić information content (AvgIpc) is 2.21. The fourth-order valence-electron chi connectivity index (χ4n) is 1.69. The number of likely N-dealkylation sites (N-methyl/N-ethyl adjacent to an activating group) is 1. The molecule has 0 aliphatic rings. The van der Waals surface area contributed by atoms with E-state index >= 15 is 0 Å². The second-order valence-corrected chi connectivity index (χ2v) is 4.44. The van der Waals surface area contributed by atoms with Gasteiger partial charge in [-0.3, -0.25) is 0 Å². The van der Waals surface area contributed by atoms with Gasteiger partial charge in [-0.25, -0.2) is 4.39 Å². The Kier molecular flexibility index (Phi) is 4.44. The van der Waals surface area contributed by atoms with E-state index in [1.54, 1.807) is 19.1 Å². The smallest absolute Gasteiger partial charge is 0.123 e. The Morgan fingerprint density at radius 1 is 1.38 bits per heavy atom. The minimum atomic E-state index is -0.826. The third kappa shape index (κ3) is 3.58. The lowest BCUT2D eigenvalue weighted by Crippen LogP contribution is -2.48. The predicted molar refractivity (Wildman–Crippen MR) is 63.9 cm³/mol. The Labute approximate surface area is 96.5 Å². The lowest BCUT2D eigenvalue weighted by atomic mass is 9.90. The summed E-state index contributed by atoms with van der Waals surface area (Å²) in [5.74, 6) is -0.247. The molecule has 2 nitrogen and oxygen atoms in total. The highest BCUT2D eigenvalue weighted by Crippen LogP contribution is 2.17. The molecule has 0 spiro atoms. The lowest BCUT2D eigenvalue weighted by molar-refractivity contribution is 0.0264. The Hall–Kier alpha value is -0.930. The standard InChI is InChI=1S/C13H20FNO/c1-4-15-10(2)13(3,16)9-11-5-7-12(14)8-6-11/h5-8,10,15-16H,4,9H2,1-3H3. The summed E-state index contributed by atoms with van der Waals surface area (Å²) in [6.07, 6.45) is 0.515. The normalized spacial score (nSPS) is 16.8. The van der Waals surface area contributed by atoms with Crippen LogP contribution in [-0.4, -0.2) is 23.3 Å². The van der Waals surface area contributed by atoms with Crippen molar-refractivity contribution in [2.24, 2.45) is 0 Å². The summed E-state index contributed by atoms with van der Waals surface area (Å²) in [5.41, 5.74) is 0.115. The van der Waals surface area contributed by atoms with Gasteiger partial charge < -0.3 is 10.4 Å². The van der Waals surface area contributed by atoms with Crippen LogP contribution in [0.3, 0.4) is 0 Å². The van der Waals surface area contributed by atoms with E-state index in [4.69, 9.17) is 0 Å². The quantitative estimate of drug-likeness (QED) is 0.804.